The van der Waals surface area contributed by atoms with Crippen LogP contribution in [0.25, 0.3) is 0 Å². The van der Waals surface area contributed by atoms with Crippen molar-refractivity contribution in [2.45, 2.75) is 50.2 Å². The molecule has 0 radical (unpaired) electrons. The molecule has 0 spiro atoms. The predicted octanol–water partition coefficient (Wildman–Crippen LogP) is -1.96. The fraction of sp³-hybridized carbons (Fsp3) is 0.688. The van der Waals surface area contributed by atoms with Crippen molar-refractivity contribution in [1.82, 2.24) is 10.6 Å². The first-order valence-corrected chi connectivity index (χ1v) is 10.3. The Morgan fingerprint density at radius 3 is 2.14 bits per heavy atom. The molecule has 12 nitrogen and oxygen atoms in total. The quantitative estimate of drug-likeness (QED) is 0.0855. The molecular formula is C16H30N6O6S. The van der Waals surface area contributed by atoms with Crippen LogP contribution in [0.15, 0.2) is 4.99 Å². The van der Waals surface area contributed by atoms with Crippen molar-refractivity contribution in [1.29, 1.82) is 0 Å². The number of aliphatic carboxylic acids is 2. The highest BCUT2D eigenvalue weighted by Gasteiger charge is 2.28. The molecule has 0 aromatic carbocycles. The van der Waals surface area contributed by atoms with Crippen molar-refractivity contribution >= 4 is 41.5 Å². The number of amides is 2. The Labute approximate surface area is 173 Å². The summed E-state index contributed by atoms with van der Waals surface area (Å²) in [6.45, 7) is 0.186. The molecule has 0 bridgehead atoms. The lowest BCUT2D eigenvalue weighted by Crippen LogP contribution is -2.54. The van der Waals surface area contributed by atoms with Crippen LogP contribution in [0.4, 0.5) is 0 Å². The molecule has 0 saturated carbocycles. The third-order valence-electron chi connectivity index (χ3n) is 3.81. The molecule has 0 rings (SSSR count). The second-order valence-corrected chi connectivity index (χ2v) is 7.22. The molecule has 0 aromatic rings. The Bertz CT molecular complexity index is 598. The Morgan fingerprint density at radius 1 is 1.00 bits per heavy atom. The lowest BCUT2D eigenvalue weighted by Gasteiger charge is -2.22. The van der Waals surface area contributed by atoms with Crippen LogP contribution in [0.3, 0.4) is 0 Å². The normalized spacial score (nSPS) is 13.6. The van der Waals surface area contributed by atoms with Gasteiger partial charge in [-0.25, -0.2) is 4.79 Å². The summed E-state index contributed by atoms with van der Waals surface area (Å²) in [6.07, 6.45) is 1.98. The monoisotopic (exact) mass is 434 g/mol. The van der Waals surface area contributed by atoms with E-state index in [0.717, 1.165) is 0 Å². The molecule has 0 aromatic heterocycles. The van der Waals surface area contributed by atoms with E-state index in [1.165, 1.54) is 11.8 Å². The van der Waals surface area contributed by atoms with Gasteiger partial charge in [0.15, 0.2) is 5.96 Å². The number of rotatable bonds is 15. The molecule has 0 heterocycles. The SMILES string of the molecule is CSCC[C@H](N)C(=O)N[C@@H](CCC(=O)O)C(=O)N[C@@H](CCCN=C(N)N)C(=O)O. The highest BCUT2D eigenvalue weighted by Crippen LogP contribution is 2.05. The third kappa shape index (κ3) is 12.5. The zero-order valence-electron chi connectivity index (χ0n) is 16.3. The zero-order chi connectivity index (χ0) is 22.4. The van der Waals surface area contributed by atoms with Crippen molar-refractivity contribution in [3.63, 3.8) is 0 Å². The van der Waals surface area contributed by atoms with Crippen LogP contribution >= 0.6 is 11.8 Å². The number of carboxylic acid groups (broad SMARTS) is 2. The van der Waals surface area contributed by atoms with Gasteiger partial charge in [0.1, 0.15) is 12.1 Å². The number of carboxylic acids is 2. The Morgan fingerprint density at radius 2 is 1.62 bits per heavy atom. The summed E-state index contributed by atoms with van der Waals surface area (Å²) >= 11 is 1.50. The van der Waals surface area contributed by atoms with Crippen LogP contribution in [0.5, 0.6) is 0 Å². The molecule has 3 atom stereocenters. The summed E-state index contributed by atoms with van der Waals surface area (Å²) in [4.78, 5) is 50.6. The first-order chi connectivity index (χ1) is 13.6. The van der Waals surface area contributed by atoms with E-state index >= 15 is 0 Å². The summed E-state index contributed by atoms with van der Waals surface area (Å²) in [7, 11) is 0. The van der Waals surface area contributed by atoms with E-state index in [2.05, 4.69) is 15.6 Å². The number of carbonyl (C=O) groups excluding carboxylic acids is 2. The highest BCUT2D eigenvalue weighted by molar-refractivity contribution is 7.98. The maximum atomic E-state index is 12.5. The molecule has 0 aliphatic rings. The smallest absolute Gasteiger partial charge is 0.326 e. The highest BCUT2D eigenvalue weighted by atomic mass is 32.2. The molecular weight excluding hydrogens is 404 g/mol. The largest absolute Gasteiger partial charge is 0.481 e. The van der Waals surface area contributed by atoms with E-state index in [4.69, 9.17) is 22.3 Å². The maximum Gasteiger partial charge on any atom is 0.326 e. The number of hydrogen-bond acceptors (Lipinski definition) is 7. The lowest BCUT2D eigenvalue weighted by molar-refractivity contribution is -0.143. The van der Waals surface area contributed by atoms with Gasteiger partial charge in [-0.05, 0) is 37.7 Å². The zero-order valence-corrected chi connectivity index (χ0v) is 17.1. The summed E-state index contributed by atoms with van der Waals surface area (Å²) in [6, 6.07) is -3.33. The van der Waals surface area contributed by atoms with Crippen LogP contribution in [-0.4, -0.2) is 76.6 Å². The maximum absolute atomic E-state index is 12.5. The molecule has 0 aliphatic carbocycles. The Kier molecular flexibility index (Phi) is 13.2. The van der Waals surface area contributed by atoms with Crippen molar-refractivity contribution in [3.05, 3.63) is 0 Å². The Balaban J connectivity index is 5.00. The number of carbonyl (C=O) groups is 4. The Hall–Kier alpha value is -2.54. The summed E-state index contributed by atoms with van der Waals surface area (Å²) in [5.74, 6) is -3.33. The second kappa shape index (κ2) is 14.5. The van der Waals surface area contributed by atoms with Gasteiger partial charge in [0.2, 0.25) is 11.8 Å². The van der Waals surface area contributed by atoms with Gasteiger partial charge in [0, 0.05) is 13.0 Å². The number of nitrogens with two attached hydrogens (primary N) is 3. The van der Waals surface area contributed by atoms with Crippen molar-refractivity contribution in [2.24, 2.45) is 22.2 Å². The van der Waals surface area contributed by atoms with Gasteiger partial charge in [-0.2, -0.15) is 11.8 Å². The molecule has 10 N–H and O–H groups in total. The molecule has 0 unspecified atom stereocenters. The summed E-state index contributed by atoms with van der Waals surface area (Å²) in [5, 5.41) is 22.9. The fourth-order valence-electron chi connectivity index (χ4n) is 2.22. The fourth-order valence-corrected chi connectivity index (χ4v) is 2.71. The van der Waals surface area contributed by atoms with E-state index in [-0.39, 0.29) is 31.8 Å². The van der Waals surface area contributed by atoms with E-state index < -0.39 is 41.9 Å². The van der Waals surface area contributed by atoms with Gasteiger partial charge in [-0.1, -0.05) is 0 Å². The van der Waals surface area contributed by atoms with Gasteiger partial charge >= 0.3 is 11.9 Å². The van der Waals surface area contributed by atoms with Crippen LogP contribution in [0.1, 0.15) is 32.1 Å². The number of aliphatic imine (C=N–C) groups is 1. The molecule has 0 aliphatic heterocycles. The van der Waals surface area contributed by atoms with Gasteiger partial charge in [0.25, 0.3) is 0 Å². The molecule has 0 fully saturated rings. The van der Waals surface area contributed by atoms with Crippen molar-refractivity contribution < 1.29 is 29.4 Å². The molecule has 0 saturated heterocycles. The predicted molar refractivity (Wildman–Crippen MR) is 109 cm³/mol. The van der Waals surface area contributed by atoms with E-state index in [9.17, 15) is 24.3 Å². The third-order valence-corrected chi connectivity index (χ3v) is 4.45. The average Bonchev–Trinajstić information content (AvgIpc) is 2.64. The molecule has 13 heteroatoms. The first kappa shape index (κ1) is 26.5. The van der Waals surface area contributed by atoms with E-state index in [0.29, 0.717) is 18.6 Å². The van der Waals surface area contributed by atoms with Crippen LogP contribution in [0, 0.1) is 0 Å². The van der Waals surface area contributed by atoms with E-state index in [1.807, 2.05) is 6.26 Å². The van der Waals surface area contributed by atoms with Crippen molar-refractivity contribution in [2.75, 3.05) is 18.6 Å². The van der Waals surface area contributed by atoms with Crippen molar-refractivity contribution in [3.8, 4) is 0 Å². The minimum absolute atomic E-state index is 0.0463. The van der Waals surface area contributed by atoms with E-state index in [1.54, 1.807) is 0 Å². The minimum atomic E-state index is -1.27. The van der Waals surface area contributed by atoms with Gasteiger partial charge in [-0.3, -0.25) is 19.4 Å². The van der Waals surface area contributed by atoms with Crippen LogP contribution < -0.4 is 27.8 Å². The number of nitrogens with one attached hydrogen (secondary N) is 2. The minimum Gasteiger partial charge on any atom is -0.481 e. The molecule has 2 amide bonds. The van der Waals surface area contributed by atoms with Crippen LogP contribution in [-0.2, 0) is 19.2 Å². The van der Waals surface area contributed by atoms with Gasteiger partial charge in [-0.15, -0.1) is 0 Å². The standard InChI is InChI=1S/C16H30N6O6S/c1-29-8-6-9(17)13(25)21-10(4-5-12(23)24)14(26)22-11(15(27)28)3-2-7-20-16(18)19/h9-11H,2-8,17H2,1H3,(H,21,25)(H,22,26)(H,23,24)(H,27,28)(H4,18,19,20)/t9-,10-,11-/m0/s1. The number of hydrogen-bond donors (Lipinski definition) is 7. The van der Waals surface area contributed by atoms with Gasteiger partial charge < -0.3 is 38.0 Å². The topological polar surface area (TPSA) is 223 Å². The summed E-state index contributed by atoms with van der Waals surface area (Å²) < 4.78 is 0. The summed E-state index contributed by atoms with van der Waals surface area (Å²) in [5.41, 5.74) is 16.1. The second-order valence-electron chi connectivity index (χ2n) is 6.23. The first-order valence-electron chi connectivity index (χ1n) is 8.93. The van der Waals surface area contributed by atoms with Crippen LogP contribution in [0.2, 0.25) is 0 Å². The molecule has 166 valence electrons. The average molecular weight is 435 g/mol. The number of guanidine groups is 1. The molecule has 29 heavy (non-hydrogen) atoms. The lowest BCUT2D eigenvalue weighted by atomic mass is 10.1. The van der Waals surface area contributed by atoms with Gasteiger partial charge in [0.05, 0.1) is 6.04 Å². The number of thioether (sulfide) groups is 1. The number of nitrogens with zero attached hydrogens (tertiary/aromatic N) is 1.